The number of nitrogens with zero attached hydrogens (tertiary/aromatic N) is 5. The number of methoxy groups -OCH3 is 1. The minimum Gasteiger partial charge on any atom is -0.481 e. The van der Waals surface area contributed by atoms with Crippen LogP contribution in [0.5, 0.6) is 5.88 Å². The van der Waals surface area contributed by atoms with Crippen molar-refractivity contribution in [3.8, 4) is 17.3 Å². The Kier molecular flexibility index (Phi) is 3.77. The fourth-order valence-electron chi connectivity index (χ4n) is 2.23. The van der Waals surface area contributed by atoms with E-state index in [-0.39, 0.29) is 0 Å². The van der Waals surface area contributed by atoms with Crippen molar-refractivity contribution >= 4 is 10.9 Å². The highest BCUT2D eigenvalue weighted by molar-refractivity contribution is 5.83. The highest BCUT2D eigenvalue weighted by atomic mass is 16.5. The molecule has 0 aliphatic carbocycles. The lowest BCUT2D eigenvalue weighted by Crippen LogP contribution is -2.02. The summed E-state index contributed by atoms with van der Waals surface area (Å²) in [6.45, 7) is 2.98. The number of tetrazole rings is 1. The topological polar surface area (TPSA) is 65.7 Å². The average Bonchev–Trinajstić information content (AvgIpc) is 3.00. The van der Waals surface area contributed by atoms with Crippen LogP contribution in [0.3, 0.4) is 0 Å². The summed E-state index contributed by atoms with van der Waals surface area (Å²) in [6.07, 6.45) is 2.17. The van der Waals surface area contributed by atoms with Gasteiger partial charge in [-0.25, -0.2) is 9.67 Å². The van der Waals surface area contributed by atoms with Gasteiger partial charge in [0.05, 0.1) is 12.6 Å². The molecule has 0 fully saturated rings. The summed E-state index contributed by atoms with van der Waals surface area (Å²) in [5, 5.41) is 13.0. The zero-order valence-corrected chi connectivity index (χ0v) is 12.2. The van der Waals surface area contributed by atoms with E-state index in [2.05, 4.69) is 33.5 Å². The molecule has 21 heavy (non-hydrogen) atoms. The van der Waals surface area contributed by atoms with Crippen molar-refractivity contribution in [3.05, 3.63) is 30.3 Å². The SMILES string of the molecule is CCCCn1nnnc1-c1ccc2nc(OC)ccc2c1. The molecular weight excluding hydrogens is 266 g/mol. The van der Waals surface area contributed by atoms with Crippen LogP contribution < -0.4 is 4.74 Å². The lowest BCUT2D eigenvalue weighted by Gasteiger charge is -2.06. The van der Waals surface area contributed by atoms with Gasteiger partial charge in [0, 0.05) is 23.6 Å². The molecule has 0 radical (unpaired) electrons. The molecule has 0 saturated carbocycles. The highest BCUT2D eigenvalue weighted by Gasteiger charge is 2.09. The molecule has 6 heteroatoms. The fraction of sp³-hybridized carbons (Fsp3) is 0.333. The molecule has 0 bridgehead atoms. The normalized spacial score (nSPS) is 11.0. The van der Waals surface area contributed by atoms with E-state index in [9.17, 15) is 0 Å². The molecule has 0 saturated heterocycles. The Bertz CT molecular complexity index is 753. The van der Waals surface area contributed by atoms with Crippen LogP contribution in [0.15, 0.2) is 30.3 Å². The number of hydrogen-bond acceptors (Lipinski definition) is 5. The van der Waals surface area contributed by atoms with Crippen LogP contribution in [-0.2, 0) is 6.54 Å². The van der Waals surface area contributed by atoms with Crippen LogP contribution in [0.1, 0.15) is 19.8 Å². The van der Waals surface area contributed by atoms with Crippen LogP contribution in [0, 0.1) is 0 Å². The first-order valence-corrected chi connectivity index (χ1v) is 7.03. The molecule has 2 aromatic heterocycles. The second-order valence-electron chi connectivity index (χ2n) is 4.84. The lowest BCUT2D eigenvalue weighted by molar-refractivity contribution is 0.399. The summed E-state index contributed by atoms with van der Waals surface area (Å²) in [4.78, 5) is 4.41. The van der Waals surface area contributed by atoms with Gasteiger partial charge < -0.3 is 4.74 Å². The van der Waals surface area contributed by atoms with Crippen molar-refractivity contribution in [1.29, 1.82) is 0 Å². The summed E-state index contributed by atoms with van der Waals surface area (Å²) in [5.41, 5.74) is 1.89. The molecular formula is C15H17N5O. The summed E-state index contributed by atoms with van der Waals surface area (Å²) in [6, 6.07) is 9.85. The minimum absolute atomic E-state index is 0.614. The zero-order chi connectivity index (χ0) is 14.7. The summed E-state index contributed by atoms with van der Waals surface area (Å²) in [5.74, 6) is 1.41. The van der Waals surface area contributed by atoms with Crippen molar-refractivity contribution in [1.82, 2.24) is 25.2 Å². The van der Waals surface area contributed by atoms with Gasteiger partial charge in [-0.3, -0.25) is 0 Å². The van der Waals surface area contributed by atoms with Gasteiger partial charge >= 0.3 is 0 Å². The predicted octanol–water partition coefficient (Wildman–Crippen LogP) is 2.70. The first-order chi connectivity index (χ1) is 10.3. The van der Waals surface area contributed by atoms with Gasteiger partial charge in [-0.15, -0.1) is 5.10 Å². The molecule has 108 valence electrons. The van der Waals surface area contributed by atoms with Crippen LogP contribution in [0.4, 0.5) is 0 Å². The number of ether oxygens (including phenoxy) is 1. The monoisotopic (exact) mass is 283 g/mol. The number of hydrogen-bond donors (Lipinski definition) is 0. The number of aromatic nitrogens is 5. The Balaban J connectivity index is 1.99. The van der Waals surface area contributed by atoms with Crippen molar-refractivity contribution in [2.45, 2.75) is 26.3 Å². The van der Waals surface area contributed by atoms with Gasteiger partial charge in [-0.1, -0.05) is 13.3 Å². The zero-order valence-electron chi connectivity index (χ0n) is 12.2. The first-order valence-electron chi connectivity index (χ1n) is 7.03. The smallest absolute Gasteiger partial charge is 0.213 e. The van der Waals surface area contributed by atoms with E-state index < -0.39 is 0 Å². The van der Waals surface area contributed by atoms with E-state index in [0.717, 1.165) is 41.7 Å². The summed E-state index contributed by atoms with van der Waals surface area (Å²) >= 11 is 0. The van der Waals surface area contributed by atoms with Crippen LogP contribution in [0.2, 0.25) is 0 Å². The van der Waals surface area contributed by atoms with Gasteiger partial charge in [-0.2, -0.15) is 0 Å². The highest BCUT2D eigenvalue weighted by Crippen LogP contribution is 2.23. The van der Waals surface area contributed by atoms with Gasteiger partial charge in [-0.05, 0) is 41.1 Å². The maximum atomic E-state index is 5.14. The molecule has 1 aromatic carbocycles. The van der Waals surface area contributed by atoms with E-state index >= 15 is 0 Å². The van der Waals surface area contributed by atoms with E-state index in [1.54, 1.807) is 7.11 Å². The van der Waals surface area contributed by atoms with Gasteiger partial charge in [0.25, 0.3) is 0 Å². The largest absolute Gasteiger partial charge is 0.481 e. The Morgan fingerprint density at radius 3 is 2.90 bits per heavy atom. The number of unbranched alkanes of at least 4 members (excludes halogenated alkanes) is 1. The van der Waals surface area contributed by atoms with Crippen LogP contribution in [0.25, 0.3) is 22.3 Å². The first kappa shape index (κ1) is 13.5. The van der Waals surface area contributed by atoms with Crippen molar-refractivity contribution in [3.63, 3.8) is 0 Å². The standard InChI is InChI=1S/C15H17N5O/c1-3-4-9-20-15(17-18-19-20)12-5-7-13-11(10-12)6-8-14(16-13)21-2/h5-8,10H,3-4,9H2,1-2H3. The number of fused-ring (bicyclic) bond motifs is 1. The van der Waals surface area contributed by atoms with E-state index in [1.165, 1.54) is 0 Å². The quantitative estimate of drug-likeness (QED) is 0.720. The second kappa shape index (κ2) is 5.87. The van der Waals surface area contributed by atoms with Gasteiger partial charge in [0.1, 0.15) is 0 Å². The minimum atomic E-state index is 0.614. The van der Waals surface area contributed by atoms with Crippen molar-refractivity contribution in [2.24, 2.45) is 0 Å². The van der Waals surface area contributed by atoms with Crippen molar-refractivity contribution < 1.29 is 4.74 Å². The molecule has 0 amide bonds. The van der Waals surface area contributed by atoms with Crippen LogP contribution >= 0.6 is 0 Å². The molecule has 0 aliphatic heterocycles. The Hall–Kier alpha value is -2.50. The molecule has 3 aromatic rings. The third-order valence-electron chi connectivity index (χ3n) is 3.39. The number of rotatable bonds is 5. The molecule has 2 heterocycles. The molecule has 0 unspecified atom stereocenters. The van der Waals surface area contributed by atoms with Gasteiger partial charge in [0.2, 0.25) is 5.88 Å². The Morgan fingerprint density at radius 2 is 2.10 bits per heavy atom. The maximum Gasteiger partial charge on any atom is 0.213 e. The fourth-order valence-corrected chi connectivity index (χ4v) is 2.23. The Labute approximate surface area is 122 Å². The van der Waals surface area contributed by atoms with Gasteiger partial charge in [0.15, 0.2) is 5.82 Å². The lowest BCUT2D eigenvalue weighted by atomic mass is 10.1. The maximum absolute atomic E-state index is 5.14. The van der Waals surface area contributed by atoms with Crippen molar-refractivity contribution in [2.75, 3.05) is 7.11 Å². The molecule has 6 nitrogen and oxygen atoms in total. The number of aryl methyl sites for hydroxylation is 1. The molecule has 0 spiro atoms. The van der Waals surface area contributed by atoms with E-state index in [4.69, 9.17) is 4.74 Å². The predicted molar refractivity (Wildman–Crippen MR) is 80.0 cm³/mol. The summed E-state index contributed by atoms with van der Waals surface area (Å²) < 4.78 is 6.99. The van der Waals surface area contributed by atoms with E-state index in [0.29, 0.717) is 5.88 Å². The van der Waals surface area contributed by atoms with E-state index in [1.807, 2.05) is 28.9 Å². The molecule has 0 aliphatic rings. The Morgan fingerprint density at radius 1 is 1.19 bits per heavy atom. The third-order valence-corrected chi connectivity index (χ3v) is 3.39. The number of pyridine rings is 1. The van der Waals surface area contributed by atoms with Crippen LogP contribution in [-0.4, -0.2) is 32.3 Å². The number of benzene rings is 1. The average molecular weight is 283 g/mol. The molecule has 0 N–H and O–H groups in total. The molecule has 0 atom stereocenters. The third kappa shape index (κ3) is 2.69. The molecule has 3 rings (SSSR count). The summed E-state index contributed by atoms with van der Waals surface area (Å²) in [7, 11) is 1.62. The second-order valence-corrected chi connectivity index (χ2v) is 4.84.